The van der Waals surface area contributed by atoms with E-state index in [2.05, 4.69) is 44.3 Å². The highest BCUT2D eigenvalue weighted by Crippen LogP contribution is 2.48. The summed E-state index contributed by atoms with van der Waals surface area (Å²) in [5.41, 5.74) is 1.81. The molecular formula is C15H23NO. The molecule has 2 nitrogen and oxygen atoms in total. The lowest BCUT2D eigenvalue weighted by Crippen LogP contribution is -2.35. The molecule has 1 aliphatic carbocycles. The molecule has 2 rings (SSSR count). The van der Waals surface area contributed by atoms with Crippen LogP contribution in [0, 0.1) is 5.41 Å². The third-order valence-electron chi connectivity index (χ3n) is 4.18. The van der Waals surface area contributed by atoms with Crippen LogP contribution in [0.15, 0.2) is 24.3 Å². The second-order valence-electron chi connectivity index (χ2n) is 5.54. The van der Waals surface area contributed by atoms with Crippen molar-refractivity contribution in [1.82, 2.24) is 5.32 Å². The van der Waals surface area contributed by atoms with E-state index in [1.807, 2.05) is 6.07 Å². The van der Waals surface area contributed by atoms with Crippen molar-refractivity contribution in [3.8, 4) is 5.75 Å². The molecule has 2 heteroatoms. The van der Waals surface area contributed by atoms with Gasteiger partial charge in [-0.25, -0.2) is 0 Å². The van der Waals surface area contributed by atoms with E-state index < -0.39 is 0 Å². The first-order valence-electron chi connectivity index (χ1n) is 6.45. The van der Waals surface area contributed by atoms with Crippen LogP contribution in [0.2, 0.25) is 0 Å². The van der Waals surface area contributed by atoms with Crippen LogP contribution in [-0.2, 0) is 0 Å². The molecule has 1 aromatic carbocycles. The molecule has 2 atom stereocenters. The van der Waals surface area contributed by atoms with Gasteiger partial charge in [0.05, 0.1) is 7.11 Å². The summed E-state index contributed by atoms with van der Waals surface area (Å²) in [6, 6.07) is 9.25. The van der Waals surface area contributed by atoms with Gasteiger partial charge in [0, 0.05) is 12.1 Å². The summed E-state index contributed by atoms with van der Waals surface area (Å²) >= 11 is 0. The van der Waals surface area contributed by atoms with E-state index in [1.54, 1.807) is 7.11 Å². The Morgan fingerprint density at radius 2 is 2.00 bits per heavy atom. The zero-order chi connectivity index (χ0) is 12.5. The SMILES string of the molecule is COc1cccc([C@@H](C)NC(C)C2(C)CC2)c1. The summed E-state index contributed by atoms with van der Waals surface area (Å²) in [7, 11) is 1.71. The third kappa shape index (κ3) is 2.81. The van der Waals surface area contributed by atoms with Crippen molar-refractivity contribution in [3.63, 3.8) is 0 Å². The average Bonchev–Trinajstić information content (AvgIpc) is 3.08. The fraction of sp³-hybridized carbons (Fsp3) is 0.600. The maximum Gasteiger partial charge on any atom is 0.119 e. The lowest BCUT2D eigenvalue weighted by molar-refractivity contribution is 0.349. The highest BCUT2D eigenvalue weighted by atomic mass is 16.5. The molecule has 1 N–H and O–H groups in total. The predicted octanol–water partition coefficient (Wildman–Crippen LogP) is 3.53. The van der Waals surface area contributed by atoms with Gasteiger partial charge in [0.15, 0.2) is 0 Å². The lowest BCUT2D eigenvalue weighted by Gasteiger charge is -2.25. The summed E-state index contributed by atoms with van der Waals surface area (Å²) in [5.74, 6) is 0.932. The molecule has 1 saturated carbocycles. The molecule has 17 heavy (non-hydrogen) atoms. The second kappa shape index (κ2) is 4.69. The van der Waals surface area contributed by atoms with Gasteiger partial charge < -0.3 is 10.1 Å². The minimum absolute atomic E-state index is 0.373. The van der Waals surface area contributed by atoms with E-state index in [-0.39, 0.29) is 0 Å². The lowest BCUT2D eigenvalue weighted by atomic mass is 9.98. The minimum atomic E-state index is 0.373. The highest BCUT2D eigenvalue weighted by Gasteiger charge is 2.42. The number of rotatable bonds is 5. The zero-order valence-corrected chi connectivity index (χ0v) is 11.3. The Hall–Kier alpha value is -1.02. The van der Waals surface area contributed by atoms with Gasteiger partial charge in [-0.2, -0.15) is 0 Å². The van der Waals surface area contributed by atoms with Gasteiger partial charge in [0.25, 0.3) is 0 Å². The Labute approximate surface area is 104 Å². The quantitative estimate of drug-likeness (QED) is 0.840. The second-order valence-corrected chi connectivity index (χ2v) is 5.54. The van der Waals surface area contributed by atoms with Crippen molar-refractivity contribution in [2.24, 2.45) is 5.41 Å². The van der Waals surface area contributed by atoms with E-state index in [0.717, 1.165) is 5.75 Å². The number of hydrogen-bond donors (Lipinski definition) is 1. The van der Waals surface area contributed by atoms with Gasteiger partial charge >= 0.3 is 0 Å². The molecule has 1 aliphatic rings. The monoisotopic (exact) mass is 233 g/mol. The Morgan fingerprint density at radius 1 is 1.29 bits per heavy atom. The third-order valence-corrected chi connectivity index (χ3v) is 4.18. The largest absolute Gasteiger partial charge is 0.497 e. The van der Waals surface area contributed by atoms with E-state index >= 15 is 0 Å². The number of hydrogen-bond acceptors (Lipinski definition) is 2. The van der Waals surface area contributed by atoms with Gasteiger partial charge in [-0.1, -0.05) is 19.1 Å². The van der Waals surface area contributed by atoms with Crippen LogP contribution in [0.4, 0.5) is 0 Å². The Kier molecular flexibility index (Phi) is 3.43. The van der Waals surface area contributed by atoms with Crippen LogP contribution in [0.5, 0.6) is 5.75 Å². The molecule has 0 aliphatic heterocycles. The standard InChI is InChI=1S/C15H23NO/c1-11(16-12(2)15(3)8-9-15)13-6-5-7-14(10-13)17-4/h5-7,10-12,16H,8-9H2,1-4H3/t11-,12?/m1/s1. The van der Waals surface area contributed by atoms with Crippen molar-refractivity contribution in [3.05, 3.63) is 29.8 Å². The number of ether oxygens (including phenoxy) is 1. The molecule has 0 spiro atoms. The topological polar surface area (TPSA) is 21.3 Å². The van der Waals surface area contributed by atoms with Crippen LogP contribution in [-0.4, -0.2) is 13.2 Å². The summed E-state index contributed by atoms with van der Waals surface area (Å²) < 4.78 is 5.26. The maximum absolute atomic E-state index is 5.26. The molecule has 94 valence electrons. The van der Waals surface area contributed by atoms with Crippen LogP contribution >= 0.6 is 0 Å². The van der Waals surface area contributed by atoms with Crippen LogP contribution in [0.3, 0.4) is 0 Å². The normalized spacial score (nSPS) is 20.7. The minimum Gasteiger partial charge on any atom is -0.497 e. The van der Waals surface area contributed by atoms with E-state index in [9.17, 15) is 0 Å². The van der Waals surface area contributed by atoms with Crippen LogP contribution in [0.1, 0.15) is 45.2 Å². The highest BCUT2D eigenvalue weighted by molar-refractivity contribution is 5.30. The predicted molar refractivity (Wildman–Crippen MR) is 71.3 cm³/mol. The van der Waals surface area contributed by atoms with Crippen molar-refractivity contribution in [1.29, 1.82) is 0 Å². The van der Waals surface area contributed by atoms with Crippen molar-refractivity contribution < 1.29 is 4.74 Å². The average molecular weight is 233 g/mol. The molecule has 1 fully saturated rings. The van der Waals surface area contributed by atoms with Crippen LogP contribution in [0.25, 0.3) is 0 Å². The van der Waals surface area contributed by atoms with Crippen LogP contribution < -0.4 is 10.1 Å². The van der Waals surface area contributed by atoms with E-state index in [0.29, 0.717) is 17.5 Å². The zero-order valence-electron chi connectivity index (χ0n) is 11.3. The maximum atomic E-state index is 5.26. The first-order chi connectivity index (χ1) is 8.05. The molecule has 1 unspecified atom stereocenters. The first-order valence-corrected chi connectivity index (χ1v) is 6.45. The Balaban J connectivity index is 2.01. The molecule has 0 aromatic heterocycles. The van der Waals surface area contributed by atoms with Crippen molar-refractivity contribution in [2.75, 3.05) is 7.11 Å². The van der Waals surface area contributed by atoms with Gasteiger partial charge in [0.2, 0.25) is 0 Å². The molecule has 0 radical (unpaired) electrons. The summed E-state index contributed by atoms with van der Waals surface area (Å²) in [6.45, 7) is 6.88. The molecule has 0 saturated heterocycles. The van der Waals surface area contributed by atoms with E-state index in [4.69, 9.17) is 4.74 Å². The van der Waals surface area contributed by atoms with Gasteiger partial charge in [-0.15, -0.1) is 0 Å². The molecule has 1 aromatic rings. The summed E-state index contributed by atoms with van der Waals surface area (Å²) in [4.78, 5) is 0. The van der Waals surface area contributed by atoms with Gasteiger partial charge in [0.1, 0.15) is 5.75 Å². The fourth-order valence-corrected chi connectivity index (χ4v) is 2.21. The molecule has 0 amide bonds. The van der Waals surface area contributed by atoms with Gasteiger partial charge in [-0.05, 0) is 49.8 Å². The Morgan fingerprint density at radius 3 is 2.59 bits per heavy atom. The summed E-state index contributed by atoms with van der Waals surface area (Å²) in [6.07, 6.45) is 2.71. The number of nitrogens with one attached hydrogen (secondary N) is 1. The first kappa shape index (κ1) is 12.4. The summed E-state index contributed by atoms with van der Waals surface area (Å²) in [5, 5.41) is 3.69. The van der Waals surface area contributed by atoms with Crippen molar-refractivity contribution in [2.45, 2.75) is 45.7 Å². The molecular weight excluding hydrogens is 210 g/mol. The number of methoxy groups -OCH3 is 1. The smallest absolute Gasteiger partial charge is 0.119 e. The Bertz CT molecular complexity index is 384. The van der Waals surface area contributed by atoms with Gasteiger partial charge in [-0.3, -0.25) is 0 Å². The molecule has 0 bridgehead atoms. The number of benzene rings is 1. The van der Waals surface area contributed by atoms with Crippen molar-refractivity contribution >= 4 is 0 Å². The van der Waals surface area contributed by atoms with E-state index in [1.165, 1.54) is 18.4 Å². The fourth-order valence-electron chi connectivity index (χ4n) is 2.21. The molecule has 0 heterocycles.